The van der Waals surface area contributed by atoms with Crippen LogP contribution in [0.3, 0.4) is 0 Å². The van der Waals surface area contributed by atoms with Gasteiger partial charge >= 0.3 is 5.97 Å². The number of hydrogen-bond acceptors (Lipinski definition) is 3. The number of halogens is 3. The molecule has 0 saturated carbocycles. The van der Waals surface area contributed by atoms with Gasteiger partial charge < -0.3 is 15.0 Å². The van der Waals surface area contributed by atoms with Crippen LogP contribution in [-0.4, -0.2) is 20.6 Å². The molecule has 0 radical (unpaired) electrons. The molecule has 0 fully saturated rings. The van der Waals surface area contributed by atoms with Gasteiger partial charge in [0.25, 0.3) is 0 Å². The van der Waals surface area contributed by atoms with Crippen LogP contribution < -0.4 is 5.32 Å². The SMILES string of the molecule is Cc1ccc(Cl)cc1NC(c1ccc(Cl)cc1C)c1c(C(=O)O)nc(Br)n1C(C)C. The Morgan fingerprint density at radius 3 is 2.33 bits per heavy atom. The molecule has 0 spiro atoms. The molecule has 1 aromatic heterocycles. The maximum absolute atomic E-state index is 12.1. The summed E-state index contributed by atoms with van der Waals surface area (Å²) in [6, 6.07) is 10.6. The molecule has 158 valence electrons. The van der Waals surface area contributed by atoms with E-state index < -0.39 is 12.0 Å². The van der Waals surface area contributed by atoms with E-state index >= 15 is 0 Å². The molecule has 3 aromatic rings. The van der Waals surface area contributed by atoms with Crippen LogP contribution in [0, 0.1) is 13.8 Å². The Morgan fingerprint density at radius 1 is 1.10 bits per heavy atom. The van der Waals surface area contributed by atoms with Crippen molar-refractivity contribution < 1.29 is 9.90 Å². The van der Waals surface area contributed by atoms with Crippen molar-refractivity contribution in [2.75, 3.05) is 5.32 Å². The highest BCUT2D eigenvalue weighted by Gasteiger charge is 2.31. The normalized spacial score (nSPS) is 12.3. The highest BCUT2D eigenvalue weighted by atomic mass is 79.9. The minimum absolute atomic E-state index is 0.0119. The predicted molar refractivity (Wildman–Crippen MR) is 125 cm³/mol. The molecule has 0 aliphatic rings. The fourth-order valence-electron chi connectivity index (χ4n) is 3.50. The molecule has 2 aromatic carbocycles. The van der Waals surface area contributed by atoms with Crippen molar-refractivity contribution in [2.45, 2.75) is 39.8 Å². The van der Waals surface area contributed by atoms with Gasteiger partial charge in [0.2, 0.25) is 0 Å². The first-order chi connectivity index (χ1) is 14.1. The summed E-state index contributed by atoms with van der Waals surface area (Å²) in [6.07, 6.45) is 0. The predicted octanol–water partition coefficient (Wildman–Crippen LogP) is 7.05. The summed E-state index contributed by atoms with van der Waals surface area (Å²) in [5.41, 5.74) is 4.17. The van der Waals surface area contributed by atoms with E-state index in [1.165, 1.54) is 0 Å². The lowest BCUT2D eigenvalue weighted by Crippen LogP contribution is -2.22. The summed E-state index contributed by atoms with van der Waals surface area (Å²) in [4.78, 5) is 16.4. The third-order valence-electron chi connectivity index (χ3n) is 4.94. The third kappa shape index (κ3) is 4.51. The largest absolute Gasteiger partial charge is 0.476 e. The highest BCUT2D eigenvalue weighted by molar-refractivity contribution is 9.10. The molecule has 1 unspecified atom stereocenters. The van der Waals surface area contributed by atoms with Crippen molar-refractivity contribution >= 4 is 50.8 Å². The second-order valence-corrected chi connectivity index (χ2v) is 9.00. The first-order valence-electron chi connectivity index (χ1n) is 9.39. The zero-order chi connectivity index (χ0) is 22.2. The number of carboxylic acids is 1. The van der Waals surface area contributed by atoms with Gasteiger partial charge in [-0.15, -0.1) is 0 Å². The van der Waals surface area contributed by atoms with E-state index in [9.17, 15) is 9.90 Å². The summed E-state index contributed by atoms with van der Waals surface area (Å²) in [5.74, 6) is -1.09. The number of rotatable bonds is 6. The number of aromatic nitrogens is 2. The number of carbonyl (C=O) groups is 1. The van der Waals surface area contributed by atoms with Gasteiger partial charge in [-0.2, -0.15) is 0 Å². The third-order valence-corrected chi connectivity index (χ3v) is 5.97. The fourth-order valence-corrected chi connectivity index (χ4v) is 4.68. The first-order valence-corrected chi connectivity index (χ1v) is 10.9. The number of hydrogen-bond donors (Lipinski definition) is 2. The monoisotopic (exact) mass is 509 g/mol. The van der Waals surface area contributed by atoms with Gasteiger partial charge in [0.15, 0.2) is 10.4 Å². The molecule has 1 atom stereocenters. The molecule has 0 aliphatic heterocycles. The Morgan fingerprint density at radius 2 is 1.73 bits per heavy atom. The van der Waals surface area contributed by atoms with Crippen molar-refractivity contribution in [1.29, 1.82) is 0 Å². The molecular formula is C22H22BrCl2N3O2. The Bertz CT molecular complexity index is 1110. The molecule has 2 N–H and O–H groups in total. The fraction of sp³-hybridized carbons (Fsp3) is 0.273. The van der Waals surface area contributed by atoms with Crippen molar-refractivity contribution in [1.82, 2.24) is 9.55 Å². The number of nitrogens with zero attached hydrogens (tertiary/aromatic N) is 2. The van der Waals surface area contributed by atoms with Crippen LogP contribution in [0.2, 0.25) is 10.0 Å². The summed E-state index contributed by atoms with van der Waals surface area (Å²) in [7, 11) is 0. The average molecular weight is 511 g/mol. The van der Waals surface area contributed by atoms with Crippen LogP contribution in [0.1, 0.15) is 58.8 Å². The maximum atomic E-state index is 12.1. The van der Waals surface area contributed by atoms with Crippen molar-refractivity contribution in [3.05, 3.63) is 79.3 Å². The first kappa shape index (κ1) is 22.7. The Hall–Kier alpha value is -2.02. The van der Waals surface area contributed by atoms with Gasteiger partial charge in [0, 0.05) is 21.8 Å². The van der Waals surface area contributed by atoms with Crippen LogP contribution >= 0.6 is 39.1 Å². The lowest BCUT2D eigenvalue weighted by molar-refractivity contribution is 0.0689. The van der Waals surface area contributed by atoms with Gasteiger partial charge in [0.05, 0.1) is 11.7 Å². The van der Waals surface area contributed by atoms with Crippen LogP contribution in [0.15, 0.2) is 41.1 Å². The van der Waals surface area contributed by atoms with E-state index in [0.29, 0.717) is 20.5 Å². The van der Waals surface area contributed by atoms with Gasteiger partial charge in [0.1, 0.15) is 0 Å². The van der Waals surface area contributed by atoms with Crippen molar-refractivity contribution in [3.63, 3.8) is 0 Å². The highest BCUT2D eigenvalue weighted by Crippen LogP contribution is 2.37. The van der Waals surface area contributed by atoms with Crippen LogP contribution in [0.25, 0.3) is 0 Å². The minimum Gasteiger partial charge on any atom is -0.476 e. The zero-order valence-corrected chi connectivity index (χ0v) is 20.1. The molecule has 0 bridgehead atoms. The van der Waals surface area contributed by atoms with E-state index in [1.54, 1.807) is 6.07 Å². The van der Waals surface area contributed by atoms with Crippen LogP contribution in [0.4, 0.5) is 5.69 Å². The molecule has 0 aliphatic carbocycles. The number of nitrogens with one attached hydrogen (secondary N) is 1. The van der Waals surface area contributed by atoms with Gasteiger partial charge in [-0.25, -0.2) is 9.78 Å². The standard InChI is InChI=1S/C22H22BrCl2N3O2/c1-11(2)28-20(19(21(29)30)27-22(28)23)18(16-8-7-14(24)9-13(16)4)26-17-10-15(25)6-5-12(17)3/h5-11,18,26H,1-4H3,(H,29,30). The van der Waals surface area contributed by atoms with Gasteiger partial charge in [-0.1, -0.05) is 35.3 Å². The minimum atomic E-state index is -1.09. The summed E-state index contributed by atoms with van der Waals surface area (Å²) < 4.78 is 2.35. The zero-order valence-electron chi connectivity index (χ0n) is 17.0. The average Bonchev–Trinajstić information content (AvgIpc) is 3.00. The molecule has 1 heterocycles. The van der Waals surface area contributed by atoms with E-state index in [-0.39, 0.29) is 11.7 Å². The second-order valence-electron chi connectivity index (χ2n) is 7.42. The van der Waals surface area contributed by atoms with Crippen LogP contribution in [-0.2, 0) is 0 Å². The number of anilines is 1. The molecule has 3 rings (SSSR count). The van der Waals surface area contributed by atoms with E-state index in [2.05, 4.69) is 26.2 Å². The molecule has 30 heavy (non-hydrogen) atoms. The molecular weight excluding hydrogens is 489 g/mol. The number of aromatic carboxylic acids is 1. The Kier molecular flexibility index (Phi) is 6.80. The summed E-state index contributed by atoms with van der Waals surface area (Å²) in [5, 5.41) is 14.6. The van der Waals surface area contributed by atoms with Gasteiger partial charge in [-0.05, 0) is 84.6 Å². The lowest BCUT2D eigenvalue weighted by atomic mass is 9.96. The second kappa shape index (κ2) is 9.00. The van der Waals surface area contributed by atoms with Crippen LogP contribution in [0.5, 0.6) is 0 Å². The number of aryl methyl sites for hydroxylation is 2. The van der Waals surface area contributed by atoms with Gasteiger partial charge in [-0.3, -0.25) is 0 Å². The number of imidazole rings is 1. The number of benzene rings is 2. The molecule has 8 heteroatoms. The Balaban J connectivity index is 2.30. The Labute approximate surface area is 194 Å². The van der Waals surface area contributed by atoms with Crippen molar-refractivity contribution in [3.8, 4) is 0 Å². The van der Waals surface area contributed by atoms with E-state index in [4.69, 9.17) is 23.2 Å². The topological polar surface area (TPSA) is 67.2 Å². The molecule has 0 amide bonds. The number of carboxylic acid groups (broad SMARTS) is 1. The smallest absolute Gasteiger partial charge is 0.356 e. The lowest BCUT2D eigenvalue weighted by Gasteiger charge is -2.27. The molecule has 0 saturated heterocycles. The van der Waals surface area contributed by atoms with E-state index in [1.807, 2.05) is 62.6 Å². The maximum Gasteiger partial charge on any atom is 0.356 e. The molecule has 5 nitrogen and oxygen atoms in total. The quantitative estimate of drug-likeness (QED) is 0.372. The van der Waals surface area contributed by atoms with E-state index in [0.717, 1.165) is 22.4 Å². The summed E-state index contributed by atoms with van der Waals surface area (Å²) in [6.45, 7) is 7.89. The summed E-state index contributed by atoms with van der Waals surface area (Å²) >= 11 is 15.9. The van der Waals surface area contributed by atoms with Crippen molar-refractivity contribution in [2.24, 2.45) is 0 Å².